The lowest BCUT2D eigenvalue weighted by molar-refractivity contribution is 0.0685. The first-order valence-electron chi connectivity index (χ1n) is 8.02. The van der Waals surface area contributed by atoms with Crippen molar-refractivity contribution in [2.45, 2.75) is 6.54 Å². The summed E-state index contributed by atoms with van der Waals surface area (Å²) in [5.74, 6) is -0.510. The quantitative estimate of drug-likeness (QED) is 0.493. The molecule has 0 atom stereocenters. The monoisotopic (exact) mass is 378 g/mol. The SMILES string of the molecule is N=c1scc(C(=O)O)n1Cc1ccc(-c2ccccc2-c2nn[nH]n2)cc1. The highest BCUT2D eigenvalue weighted by Gasteiger charge is 2.13. The number of aromatic carboxylic acids is 1. The number of nitrogens with zero attached hydrogens (tertiary/aromatic N) is 4. The van der Waals surface area contributed by atoms with E-state index in [4.69, 9.17) is 5.41 Å². The number of rotatable bonds is 5. The molecule has 0 aliphatic rings. The third-order valence-corrected chi connectivity index (χ3v) is 4.94. The van der Waals surface area contributed by atoms with Crippen LogP contribution in [0.2, 0.25) is 0 Å². The fourth-order valence-corrected chi connectivity index (χ4v) is 3.59. The van der Waals surface area contributed by atoms with Gasteiger partial charge < -0.3 is 9.67 Å². The number of H-pyrrole nitrogens is 1. The van der Waals surface area contributed by atoms with E-state index in [-0.39, 0.29) is 10.5 Å². The van der Waals surface area contributed by atoms with Crippen molar-refractivity contribution in [3.8, 4) is 22.5 Å². The number of aromatic nitrogens is 5. The number of hydrogen-bond donors (Lipinski definition) is 3. The average Bonchev–Trinajstić information content (AvgIpc) is 3.33. The number of benzene rings is 2. The van der Waals surface area contributed by atoms with Crippen LogP contribution in [0.3, 0.4) is 0 Å². The molecule has 0 saturated carbocycles. The molecule has 9 heteroatoms. The number of carbonyl (C=O) groups is 1. The summed E-state index contributed by atoms with van der Waals surface area (Å²) >= 11 is 1.11. The summed E-state index contributed by atoms with van der Waals surface area (Å²) in [4.78, 5) is 11.5. The molecule has 2 aromatic carbocycles. The largest absolute Gasteiger partial charge is 0.477 e. The Morgan fingerprint density at radius 2 is 1.89 bits per heavy atom. The molecule has 2 heterocycles. The summed E-state index contributed by atoms with van der Waals surface area (Å²) in [5.41, 5.74) is 3.86. The van der Waals surface area contributed by atoms with Crippen LogP contribution in [0.4, 0.5) is 0 Å². The van der Waals surface area contributed by atoms with Crippen molar-refractivity contribution >= 4 is 17.3 Å². The summed E-state index contributed by atoms with van der Waals surface area (Å²) in [6.07, 6.45) is 0. The van der Waals surface area contributed by atoms with Gasteiger partial charge in [0.15, 0.2) is 4.80 Å². The minimum absolute atomic E-state index is 0.122. The fraction of sp³-hybridized carbons (Fsp3) is 0.0556. The Kier molecular flexibility index (Phi) is 4.35. The van der Waals surface area contributed by atoms with Crippen LogP contribution in [-0.4, -0.2) is 36.3 Å². The first-order chi connectivity index (χ1) is 13.1. The molecule has 0 bridgehead atoms. The van der Waals surface area contributed by atoms with Crippen LogP contribution in [0.15, 0.2) is 53.9 Å². The highest BCUT2D eigenvalue weighted by molar-refractivity contribution is 7.07. The van der Waals surface area contributed by atoms with Crippen molar-refractivity contribution in [3.63, 3.8) is 0 Å². The van der Waals surface area contributed by atoms with Crippen LogP contribution in [0.25, 0.3) is 22.5 Å². The zero-order valence-corrected chi connectivity index (χ0v) is 14.8. The van der Waals surface area contributed by atoms with E-state index in [0.29, 0.717) is 12.4 Å². The lowest BCUT2D eigenvalue weighted by Crippen LogP contribution is -2.19. The van der Waals surface area contributed by atoms with Gasteiger partial charge in [-0.05, 0) is 21.9 Å². The summed E-state index contributed by atoms with van der Waals surface area (Å²) < 4.78 is 1.48. The summed E-state index contributed by atoms with van der Waals surface area (Å²) in [6.45, 7) is 0.330. The normalized spacial score (nSPS) is 10.8. The number of nitrogens with one attached hydrogen (secondary N) is 2. The van der Waals surface area contributed by atoms with Crippen molar-refractivity contribution in [2.24, 2.45) is 0 Å². The molecule has 0 spiro atoms. The Hall–Kier alpha value is -3.59. The standard InChI is InChI=1S/C18H14N6O2S/c19-18-24(15(10-27-18)17(25)26)9-11-5-7-12(8-6-11)13-3-1-2-4-14(13)16-20-22-23-21-16/h1-8,10,19H,9H2,(H,25,26)(H,20,21,22,23). The molecule has 0 amide bonds. The molecule has 0 saturated heterocycles. The average molecular weight is 378 g/mol. The number of aromatic amines is 1. The zero-order valence-electron chi connectivity index (χ0n) is 14.0. The predicted molar refractivity (Wildman–Crippen MR) is 99.3 cm³/mol. The van der Waals surface area contributed by atoms with Crippen LogP contribution >= 0.6 is 11.3 Å². The Labute approximate surface area is 157 Å². The van der Waals surface area contributed by atoms with E-state index in [1.165, 1.54) is 9.95 Å². The number of carboxylic acid groups (broad SMARTS) is 1. The maximum Gasteiger partial charge on any atom is 0.353 e. The number of hydrogen-bond acceptors (Lipinski definition) is 6. The molecule has 8 nitrogen and oxygen atoms in total. The number of tetrazole rings is 1. The van der Waals surface area contributed by atoms with Crippen molar-refractivity contribution in [1.29, 1.82) is 5.41 Å². The summed E-state index contributed by atoms with van der Waals surface area (Å²) in [6, 6.07) is 15.6. The summed E-state index contributed by atoms with van der Waals surface area (Å²) in [5, 5.41) is 32.8. The van der Waals surface area contributed by atoms with Gasteiger partial charge >= 0.3 is 5.97 Å². The second-order valence-corrected chi connectivity index (χ2v) is 6.65. The van der Waals surface area contributed by atoms with Crippen molar-refractivity contribution in [1.82, 2.24) is 25.2 Å². The second-order valence-electron chi connectivity index (χ2n) is 5.80. The maximum absolute atomic E-state index is 11.3. The van der Waals surface area contributed by atoms with Crippen molar-refractivity contribution in [2.75, 3.05) is 0 Å². The van der Waals surface area contributed by atoms with Gasteiger partial charge in [0.05, 0.1) is 6.54 Å². The lowest BCUT2D eigenvalue weighted by atomic mass is 9.98. The molecule has 2 aromatic heterocycles. The van der Waals surface area contributed by atoms with E-state index in [0.717, 1.165) is 33.6 Å². The zero-order chi connectivity index (χ0) is 18.8. The molecule has 4 aromatic rings. The fourth-order valence-electron chi connectivity index (χ4n) is 2.85. The van der Waals surface area contributed by atoms with Crippen molar-refractivity contribution < 1.29 is 9.90 Å². The van der Waals surface area contributed by atoms with Crippen LogP contribution in [0, 0.1) is 5.41 Å². The first-order valence-corrected chi connectivity index (χ1v) is 8.90. The van der Waals surface area contributed by atoms with Gasteiger partial charge in [-0.2, -0.15) is 5.21 Å². The summed E-state index contributed by atoms with van der Waals surface area (Å²) in [7, 11) is 0. The lowest BCUT2D eigenvalue weighted by Gasteiger charge is -2.09. The van der Waals surface area contributed by atoms with E-state index in [9.17, 15) is 9.90 Å². The highest BCUT2D eigenvalue weighted by atomic mass is 32.1. The molecule has 0 fully saturated rings. The Morgan fingerprint density at radius 3 is 2.56 bits per heavy atom. The Balaban J connectivity index is 1.66. The van der Waals surface area contributed by atoms with E-state index in [2.05, 4.69) is 20.6 Å². The molecule has 4 rings (SSSR count). The van der Waals surface area contributed by atoms with E-state index >= 15 is 0 Å². The molecule has 0 aliphatic carbocycles. The van der Waals surface area contributed by atoms with Gasteiger partial charge in [0, 0.05) is 10.9 Å². The molecular weight excluding hydrogens is 364 g/mol. The van der Waals surface area contributed by atoms with Gasteiger partial charge in [-0.1, -0.05) is 48.5 Å². The third kappa shape index (κ3) is 3.27. The smallest absolute Gasteiger partial charge is 0.353 e. The van der Waals surface area contributed by atoms with Gasteiger partial charge in [-0.25, -0.2) is 4.79 Å². The van der Waals surface area contributed by atoms with Crippen molar-refractivity contribution in [3.05, 3.63) is 70.0 Å². The van der Waals surface area contributed by atoms with Crippen LogP contribution < -0.4 is 4.80 Å². The molecule has 134 valence electrons. The highest BCUT2D eigenvalue weighted by Crippen LogP contribution is 2.29. The van der Waals surface area contributed by atoms with Gasteiger partial charge in [-0.15, -0.1) is 21.5 Å². The molecule has 27 heavy (non-hydrogen) atoms. The van der Waals surface area contributed by atoms with Crippen LogP contribution in [-0.2, 0) is 6.54 Å². The minimum atomic E-state index is -1.03. The molecule has 3 N–H and O–H groups in total. The van der Waals surface area contributed by atoms with Gasteiger partial charge in [-0.3, -0.25) is 5.41 Å². The van der Waals surface area contributed by atoms with Gasteiger partial charge in [0.2, 0.25) is 5.82 Å². The maximum atomic E-state index is 11.3. The third-order valence-electron chi connectivity index (χ3n) is 4.16. The molecule has 0 aliphatic heterocycles. The number of thiazole rings is 1. The van der Waals surface area contributed by atoms with Gasteiger partial charge in [0.1, 0.15) is 5.69 Å². The van der Waals surface area contributed by atoms with E-state index in [1.807, 2.05) is 48.5 Å². The number of carboxylic acids is 1. The van der Waals surface area contributed by atoms with Gasteiger partial charge in [0.25, 0.3) is 0 Å². The molecule has 0 radical (unpaired) electrons. The van der Waals surface area contributed by atoms with Crippen LogP contribution in [0.5, 0.6) is 0 Å². The Bertz CT molecular complexity index is 1150. The second kappa shape index (κ2) is 6.96. The van der Waals surface area contributed by atoms with E-state index < -0.39 is 5.97 Å². The predicted octanol–water partition coefficient (Wildman–Crippen LogP) is 2.62. The molecular formula is C18H14N6O2S. The first kappa shape index (κ1) is 16.9. The topological polar surface area (TPSA) is 121 Å². The molecule has 0 unspecified atom stereocenters. The minimum Gasteiger partial charge on any atom is -0.477 e. The van der Waals surface area contributed by atoms with E-state index in [1.54, 1.807) is 0 Å². The Morgan fingerprint density at radius 1 is 1.15 bits per heavy atom. The van der Waals surface area contributed by atoms with Crippen LogP contribution in [0.1, 0.15) is 16.1 Å².